The Balaban J connectivity index is 1.77. The maximum atomic E-state index is 12.6. The molecule has 0 aliphatic heterocycles. The molecule has 6 nitrogen and oxygen atoms in total. The maximum absolute atomic E-state index is 12.6. The lowest BCUT2D eigenvalue weighted by Crippen LogP contribution is -2.30. The van der Waals surface area contributed by atoms with Gasteiger partial charge in [-0.15, -0.1) is 0 Å². The highest BCUT2D eigenvalue weighted by atomic mass is 16.5. The van der Waals surface area contributed by atoms with Gasteiger partial charge in [-0.25, -0.2) is 4.98 Å². The quantitative estimate of drug-likeness (QED) is 0.750. The Morgan fingerprint density at radius 3 is 2.48 bits per heavy atom. The molecular formula is C19H21N3O3. The monoisotopic (exact) mass is 339 g/mol. The van der Waals surface area contributed by atoms with Crippen LogP contribution in [0.2, 0.25) is 0 Å². The fraction of sp³-hybridized carbons (Fsp3) is 0.263. The molecular weight excluding hydrogens is 318 g/mol. The number of rotatable bonds is 6. The van der Waals surface area contributed by atoms with E-state index in [4.69, 9.17) is 9.47 Å². The van der Waals surface area contributed by atoms with Crippen LogP contribution in [0.1, 0.15) is 18.5 Å². The van der Waals surface area contributed by atoms with E-state index in [-0.39, 0.29) is 11.9 Å². The summed E-state index contributed by atoms with van der Waals surface area (Å²) >= 11 is 0. The van der Waals surface area contributed by atoms with Crippen LogP contribution in [0, 0.1) is 0 Å². The molecule has 0 fully saturated rings. The first kappa shape index (κ1) is 16.8. The molecule has 0 aliphatic carbocycles. The molecule has 0 radical (unpaired) electrons. The largest absolute Gasteiger partial charge is 0.496 e. The lowest BCUT2D eigenvalue weighted by molar-refractivity contribution is -0.123. The second-order valence-corrected chi connectivity index (χ2v) is 5.68. The van der Waals surface area contributed by atoms with Gasteiger partial charge in [0.25, 0.3) is 0 Å². The Bertz CT molecular complexity index is 866. The number of fused-ring (bicyclic) bond motifs is 1. The smallest absolute Gasteiger partial charge is 0.243 e. The molecule has 1 amide bonds. The van der Waals surface area contributed by atoms with Crippen molar-refractivity contribution in [2.45, 2.75) is 19.5 Å². The molecule has 0 aliphatic rings. The number of para-hydroxylation sites is 2. The average molecular weight is 339 g/mol. The van der Waals surface area contributed by atoms with Gasteiger partial charge >= 0.3 is 0 Å². The topological polar surface area (TPSA) is 65.4 Å². The Labute approximate surface area is 146 Å². The first-order valence-electron chi connectivity index (χ1n) is 8.05. The molecule has 0 saturated heterocycles. The fourth-order valence-electron chi connectivity index (χ4n) is 2.84. The molecule has 2 aromatic carbocycles. The van der Waals surface area contributed by atoms with E-state index in [1.54, 1.807) is 20.5 Å². The highest BCUT2D eigenvalue weighted by molar-refractivity contribution is 5.83. The number of carbonyl (C=O) groups excluding carboxylic acids is 1. The Hall–Kier alpha value is -3.02. The second-order valence-electron chi connectivity index (χ2n) is 5.68. The predicted molar refractivity (Wildman–Crippen MR) is 95.8 cm³/mol. The van der Waals surface area contributed by atoms with Gasteiger partial charge in [-0.1, -0.05) is 18.2 Å². The van der Waals surface area contributed by atoms with Crippen molar-refractivity contribution in [1.82, 2.24) is 14.9 Å². The number of ether oxygens (including phenoxy) is 2. The Kier molecular flexibility index (Phi) is 4.88. The number of aromatic nitrogens is 2. The summed E-state index contributed by atoms with van der Waals surface area (Å²) in [5.41, 5.74) is 2.61. The van der Waals surface area contributed by atoms with Crippen molar-refractivity contribution in [2.75, 3.05) is 14.2 Å². The third kappa shape index (κ3) is 3.28. The first-order chi connectivity index (χ1) is 12.2. The average Bonchev–Trinajstić information content (AvgIpc) is 3.09. The fourth-order valence-corrected chi connectivity index (χ4v) is 2.84. The van der Waals surface area contributed by atoms with E-state index in [2.05, 4.69) is 10.3 Å². The molecule has 1 heterocycles. The van der Waals surface area contributed by atoms with E-state index in [1.165, 1.54) is 0 Å². The minimum Gasteiger partial charge on any atom is -0.496 e. The Morgan fingerprint density at radius 2 is 1.80 bits per heavy atom. The van der Waals surface area contributed by atoms with Crippen molar-refractivity contribution in [2.24, 2.45) is 0 Å². The molecule has 0 bridgehead atoms. The molecule has 3 rings (SSSR count). The molecule has 25 heavy (non-hydrogen) atoms. The van der Waals surface area contributed by atoms with Gasteiger partial charge in [-0.2, -0.15) is 0 Å². The van der Waals surface area contributed by atoms with Crippen LogP contribution in [0.15, 0.2) is 48.8 Å². The summed E-state index contributed by atoms with van der Waals surface area (Å²) in [5.74, 6) is 1.26. The number of nitrogens with one attached hydrogen (secondary N) is 1. The molecule has 0 spiro atoms. The maximum Gasteiger partial charge on any atom is 0.243 e. The standard InChI is InChI=1S/C19H21N3O3/c1-13(22-12-21-15-7-4-5-8-16(15)22)19(23)20-11-14-17(24-2)9-6-10-18(14)25-3/h4-10,12-13H,11H2,1-3H3,(H,20,23)/t13-/m0/s1. The SMILES string of the molecule is COc1cccc(OC)c1CNC(=O)[C@H](C)n1cnc2ccccc21. The van der Waals surface area contributed by atoms with Crippen molar-refractivity contribution in [1.29, 1.82) is 0 Å². The molecule has 0 unspecified atom stereocenters. The van der Waals surface area contributed by atoms with E-state index >= 15 is 0 Å². The summed E-state index contributed by atoms with van der Waals surface area (Å²) in [7, 11) is 3.20. The summed E-state index contributed by atoms with van der Waals surface area (Å²) in [6, 6.07) is 12.9. The van der Waals surface area contributed by atoms with Gasteiger partial charge in [0.2, 0.25) is 5.91 Å². The number of methoxy groups -OCH3 is 2. The zero-order chi connectivity index (χ0) is 17.8. The normalized spacial score (nSPS) is 12.0. The number of amides is 1. The number of hydrogen-bond acceptors (Lipinski definition) is 4. The van der Waals surface area contributed by atoms with Crippen LogP contribution in [0.5, 0.6) is 11.5 Å². The number of hydrogen-bond donors (Lipinski definition) is 1. The molecule has 1 atom stereocenters. The summed E-state index contributed by atoms with van der Waals surface area (Å²) in [4.78, 5) is 17.0. The van der Waals surface area contributed by atoms with Gasteiger partial charge in [0.15, 0.2) is 0 Å². The summed E-state index contributed by atoms with van der Waals surface area (Å²) < 4.78 is 12.6. The van der Waals surface area contributed by atoms with Crippen LogP contribution < -0.4 is 14.8 Å². The molecule has 1 aromatic heterocycles. The van der Waals surface area contributed by atoms with Crippen LogP contribution in [-0.2, 0) is 11.3 Å². The van der Waals surface area contributed by atoms with Crippen LogP contribution in [0.25, 0.3) is 11.0 Å². The van der Waals surface area contributed by atoms with Crippen molar-refractivity contribution in [3.8, 4) is 11.5 Å². The van der Waals surface area contributed by atoms with E-state index in [9.17, 15) is 4.79 Å². The first-order valence-corrected chi connectivity index (χ1v) is 8.05. The number of imidazole rings is 1. The van der Waals surface area contributed by atoms with Gasteiger partial charge in [0.1, 0.15) is 17.5 Å². The van der Waals surface area contributed by atoms with E-state index in [0.29, 0.717) is 18.0 Å². The minimum absolute atomic E-state index is 0.101. The van der Waals surface area contributed by atoms with Crippen molar-refractivity contribution >= 4 is 16.9 Å². The predicted octanol–water partition coefficient (Wildman–Crippen LogP) is 2.93. The zero-order valence-electron chi connectivity index (χ0n) is 14.5. The van der Waals surface area contributed by atoms with Crippen molar-refractivity contribution in [3.05, 3.63) is 54.4 Å². The summed E-state index contributed by atoms with van der Waals surface area (Å²) in [5, 5.41) is 2.95. The Morgan fingerprint density at radius 1 is 1.12 bits per heavy atom. The lowest BCUT2D eigenvalue weighted by atomic mass is 10.1. The highest BCUT2D eigenvalue weighted by Gasteiger charge is 2.18. The number of carbonyl (C=O) groups is 1. The van der Waals surface area contributed by atoms with Crippen LogP contribution in [0.4, 0.5) is 0 Å². The van der Waals surface area contributed by atoms with Gasteiger partial charge in [-0.05, 0) is 31.2 Å². The summed E-state index contributed by atoms with van der Waals surface area (Å²) in [6.07, 6.45) is 1.69. The minimum atomic E-state index is -0.381. The van der Waals surface area contributed by atoms with E-state index in [0.717, 1.165) is 16.6 Å². The zero-order valence-corrected chi connectivity index (χ0v) is 14.5. The van der Waals surface area contributed by atoms with Gasteiger partial charge in [0.05, 0.1) is 43.7 Å². The van der Waals surface area contributed by atoms with Gasteiger partial charge < -0.3 is 19.4 Å². The van der Waals surface area contributed by atoms with Gasteiger partial charge in [-0.3, -0.25) is 4.79 Å². The van der Waals surface area contributed by atoms with Crippen LogP contribution in [0.3, 0.4) is 0 Å². The number of benzene rings is 2. The van der Waals surface area contributed by atoms with E-state index in [1.807, 2.05) is 54.0 Å². The highest BCUT2D eigenvalue weighted by Crippen LogP contribution is 2.28. The van der Waals surface area contributed by atoms with Gasteiger partial charge in [0, 0.05) is 0 Å². The number of nitrogens with zero attached hydrogens (tertiary/aromatic N) is 2. The van der Waals surface area contributed by atoms with E-state index < -0.39 is 0 Å². The molecule has 1 N–H and O–H groups in total. The van der Waals surface area contributed by atoms with Crippen LogP contribution in [-0.4, -0.2) is 29.7 Å². The van der Waals surface area contributed by atoms with Crippen molar-refractivity contribution in [3.63, 3.8) is 0 Å². The third-order valence-corrected chi connectivity index (χ3v) is 4.25. The summed E-state index contributed by atoms with van der Waals surface area (Å²) in [6.45, 7) is 2.17. The molecule has 0 saturated carbocycles. The lowest BCUT2D eigenvalue weighted by Gasteiger charge is -2.17. The second kappa shape index (κ2) is 7.25. The third-order valence-electron chi connectivity index (χ3n) is 4.25. The molecule has 6 heteroatoms. The molecule has 130 valence electrons. The van der Waals surface area contributed by atoms with Crippen LogP contribution >= 0.6 is 0 Å². The van der Waals surface area contributed by atoms with Crippen molar-refractivity contribution < 1.29 is 14.3 Å². The molecule has 3 aromatic rings.